The Labute approximate surface area is 265 Å². The van der Waals surface area contributed by atoms with Crippen LogP contribution in [0, 0.1) is 5.41 Å². The Morgan fingerprint density at radius 2 is 1.74 bits per heavy atom. The van der Waals surface area contributed by atoms with Crippen molar-refractivity contribution in [1.82, 2.24) is 20.5 Å². The van der Waals surface area contributed by atoms with E-state index in [0.717, 1.165) is 27.8 Å². The zero-order valence-corrected chi connectivity index (χ0v) is 25.6. The first-order valence-electron chi connectivity index (χ1n) is 15.5. The first-order chi connectivity index (χ1) is 22.0. The van der Waals surface area contributed by atoms with Crippen LogP contribution in [0.3, 0.4) is 0 Å². The number of pyridine rings is 1. The molecule has 1 aliphatic carbocycles. The van der Waals surface area contributed by atoms with Crippen molar-refractivity contribution in [3.05, 3.63) is 88.6 Å². The number of fused-ring (bicyclic) bond motifs is 3. The van der Waals surface area contributed by atoms with E-state index in [1.807, 2.05) is 48.5 Å². The number of aromatic nitrogens is 1. The van der Waals surface area contributed by atoms with Crippen LogP contribution >= 0.6 is 0 Å². The second-order valence-electron chi connectivity index (χ2n) is 12.6. The summed E-state index contributed by atoms with van der Waals surface area (Å²) in [5.74, 6) is -0.735. The quantitative estimate of drug-likeness (QED) is 0.282. The minimum absolute atomic E-state index is 0.00753. The summed E-state index contributed by atoms with van der Waals surface area (Å²) < 4.78 is 41.6. The molecule has 0 radical (unpaired) electrons. The molecular formula is C34H37F3N6O3. The average Bonchev–Trinajstić information content (AvgIpc) is 3.53. The lowest BCUT2D eigenvalue weighted by Crippen LogP contribution is -2.52. The summed E-state index contributed by atoms with van der Waals surface area (Å²) in [5, 5.41) is 11.9. The van der Waals surface area contributed by atoms with Crippen LogP contribution in [-0.2, 0) is 45.7 Å². The second kappa shape index (κ2) is 12.5. The molecular weight excluding hydrogens is 597 g/mol. The monoisotopic (exact) mass is 634 g/mol. The number of piperidine rings is 1. The lowest BCUT2D eigenvalue weighted by atomic mass is 9.74. The van der Waals surface area contributed by atoms with Crippen molar-refractivity contribution in [3.8, 4) is 0 Å². The summed E-state index contributed by atoms with van der Waals surface area (Å²) in [6.07, 6.45) is -3.14. The molecule has 1 fully saturated rings. The summed E-state index contributed by atoms with van der Waals surface area (Å²) in [6.45, 7) is 0.645. The molecule has 2 aliphatic heterocycles. The van der Waals surface area contributed by atoms with Crippen molar-refractivity contribution in [2.24, 2.45) is 5.41 Å². The number of carbonyl (C=O) groups excluding carboxylic acids is 3. The van der Waals surface area contributed by atoms with Gasteiger partial charge in [0.25, 0.3) is 0 Å². The molecule has 0 saturated carbocycles. The van der Waals surface area contributed by atoms with E-state index in [2.05, 4.69) is 26.3 Å². The number of nitrogens with zero attached hydrogens (tertiary/aromatic N) is 2. The van der Waals surface area contributed by atoms with E-state index < -0.39 is 41.8 Å². The lowest BCUT2D eigenvalue weighted by molar-refractivity contribution is -0.178. The zero-order valence-electron chi connectivity index (χ0n) is 25.6. The van der Waals surface area contributed by atoms with Crippen molar-refractivity contribution in [2.75, 3.05) is 37.3 Å². The maximum Gasteiger partial charge on any atom is 0.390 e. The SMILES string of the molecule is CNCc1ccccc1CN(CC(=O)Nc1ccc2c(c1)CC1(C2)C(=O)Nc2ncccc21)C(=O)C1(CC(F)(F)F)CCNCC1. The number of rotatable bonds is 9. The second-order valence-corrected chi connectivity index (χ2v) is 12.6. The number of anilines is 2. The van der Waals surface area contributed by atoms with Gasteiger partial charge in [-0.25, -0.2) is 4.98 Å². The molecule has 12 heteroatoms. The van der Waals surface area contributed by atoms with Crippen LogP contribution in [0.4, 0.5) is 24.7 Å². The smallest absolute Gasteiger partial charge is 0.329 e. The highest BCUT2D eigenvalue weighted by Crippen LogP contribution is 2.47. The van der Waals surface area contributed by atoms with Crippen molar-refractivity contribution in [3.63, 3.8) is 0 Å². The molecule has 1 aromatic heterocycles. The number of hydrogen-bond acceptors (Lipinski definition) is 6. The molecule has 1 unspecified atom stereocenters. The third-order valence-corrected chi connectivity index (χ3v) is 9.49. The molecule has 4 N–H and O–H groups in total. The third-order valence-electron chi connectivity index (χ3n) is 9.49. The number of hydrogen-bond donors (Lipinski definition) is 4. The van der Waals surface area contributed by atoms with E-state index in [9.17, 15) is 27.6 Å². The highest BCUT2D eigenvalue weighted by Gasteiger charge is 2.52. The number of benzene rings is 2. The fraction of sp³-hybridized carbons (Fsp3) is 0.412. The molecule has 3 aliphatic rings. The lowest BCUT2D eigenvalue weighted by Gasteiger charge is -2.40. The van der Waals surface area contributed by atoms with Crippen LogP contribution in [0.2, 0.25) is 0 Å². The third kappa shape index (κ3) is 6.23. The van der Waals surface area contributed by atoms with Gasteiger partial charge in [-0.3, -0.25) is 14.4 Å². The summed E-state index contributed by atoms with van der Waals surface area (Å²) in [4.78, 5) is 46.4. The Hall–Kier alpha value is -4.29. The first kappa shape index (κ1) is 31.7. The van der Waals surface area contributed by atoms with Crippen molar-refractivity contribution in [1.29, 1.82) is 0 Å². The Kier molecular flexibility index (Phi) is 8.60. The van der Waals surface area contributed by atoms with Crippen molar-refractivity contribution < 1.29 is 27.6 Å². The predicted molar refractivity (Wildman–Crippen MR) is 167 cm³/mol. The van der Waals surface area contributed by atoms with Gasteiger partial charge in [-0.2, -0.15) is 13.2 Å². The average molecular weight is 635 g/mol. The Balaban J connectivity index is 1.24. The van der Waals surface area contributed by atoms with Crippen molar-refractivity contribution in [2.45, 2.75) is 56.8 Å². The summed E-state index contributed by atoms with van der Waals surface area (Å²) in [7, 11) is 1.79. The fourth-order valence-corrected chi connectivity index (χ4v) is 7.29. The number of nitrogens with one attached hydrogen (secondary N) is 4. The zero-order chi connectivity index (χ0) is 32.5. The topological polar surface area (TPSA) is 115 Å². The van der Waals surface area contributed by atoms with Crippen LogP contribution in [0.1, 0.15) is 47.1 Å². The molecule has 46 heavy (non-hydrogen) atoms. The molecule has 3 heterocycles. The van der Waals surface area contributed by atoms with Gasteiger partial charge < -0.3 is 26.2 Å². The highest BCUT2D eigenvalue weighted by molar-refractivity contribution is 6.06. The molecule has 1 atom stereocenters. The largest absolute Gasteiger partial charge is 0.390 e. The Morgan fingerprint density at radius 1 is 1.00 bits per heavy atom. The molecule has 9 nitrogen and oxygen atoms in total. The fourth-order valence-electron chi connectivity index (χ4n) is 7.29. The molecule has 2 aromatic carbocycles. The predicted octanol–water partition coefficient (Wildman–Crippen LogP) is 4.08. The maximum atomic E-state index is 14.1. The van der Waals surface area contributed by atoms with Gasteiger partial charge in [-0.1, -0.05) is 36.4 Å². The summed E-state index contributed by atoms with van der Waals surface area (Å²) in [5.41, 5.74) is 2.46. The van der Waals surface area contributed by atoms with E-state index in [1.165, 1.54) is 4.90 Å². The standard InChI is InChI=1S/C34H37F3N6O3/c1-38-18-23-5-2-3-6-24(23)19-43(31(46)32(21-34(35,36)37)10-13-39-14-11-32)20-28(44)41-26-9-8-22-16-33(17-25(22)15-26)27-7-4-12-40-29(27)42-30(33)45/h2-9,12,15,38-39H,10-11,13-14,16-21H2,1H3,(H,41,44)(H,40,42,45). The minimum atomic E-state index is -4.54. The van der Waals surface area contributed by atoms with Gasteiger partial charge in [0.2, 0.25) is 17.7 Å². The molecule has 3 aromatic rings. The summed E-state index contributed by atoms with van der Waals surface area (Å²) >= 11 is 0. The van der Waals surface area contributed by atoms with E-state index in [0.29, 0.717) is 30.9 Å². The molecule has 0 bridgehead atoms. The van der Waals surface area contributed by atoms with E-state index in [4.69, 9.17) is 0 Å². The van der Waals surface area contributed by atoms with E-state index in [-0.39, 0.29) is 38.4 Å². The van der Waals surface area contributed by atoms with Crippen LogP contribution in [0.15, 0.2) is 60.8 Å². The molecule has 1 saturated heterocycles. The van der Waals surface area contributed by atoms with Gasteiger partial charge in [0, 0.05) is 30.5 Å². The van der Waals surface area contributed by atoms with Crippen LogP contribution in [0.5, 0.6) is 0 Å². The first-order valence-corrected chi connectivity index (χ1v) is 15.5. The number of alkyl halides is 3. The van der Waals surface area contributed by atoms with E-state index in [1.54, 1.807) is 19.3 Å². The van der Waals surface area contributed by atoms with Gasteiger partial charge in [0.15, 0.2) is 0 Å². The summed E-state index contributed by atoms with van der Waals surface area (Å²) in [6, 6.07) is 16.6. The molecule has 6 rings (SSSR count). The van der Waals surface area contributed by atoms with E-state index >= 15 is 0 Å². The number of amides is 3. The normalized spacial score (nSPS) is 19.8. The highest BCUT2D eigenvalue weighted by atomic mass is 19.4. The van der Waals surface area contributed by atoms with Gasteiger partial charge in [0.05, 0.1) is 17.3 Å². The van der Waals surface area contributed by atoms with Gasteiger partial charge in [-0.05, 0) is 86.3 Å². The Morgan fingerprint density at radius 3 is 2.48 bits per heavy atom. The van der Waals surface area contributed by atoms with Gasteiger partial charge in [0.1, 0.15) is 12.4 Å². The minimum Gasteiger partial charge on any atom is -0.329 e. The molecule has 3 amide bonds. The Bertz CT molecular complexity index is 1660. The maximum absolute atomic E-state index is 14.1. The van der Waals surface area contributed by atoms with Gasteiger partial charge >= 0.3 is 6.18 Å². The number of halogens is 3. The van der Waals surface area contributed by atoms with Gasteiger partial charge in [-0.15, -0.1) is 0 Å². The molecule has 242 valence electrons. The van der Waals surface area contributed by atoms with Crippen molar-refractivity contribution >= 4 is 29.2 Å². The van der Waals surface area contributed by atoms with Crippen LogP contribution in [0.25, 0.3) is 0 Å². The van der Waals surface area contributed by atoms with Crippen LogP contribution < -0.4 is 21.3 Å². The molecule has 1 spiro atoms. The van der Waals surface area contributed by atoms with Crippen LogP contribution in [-0.4, -0.2) is 60.5 Å². The number of carbonyl (C=O) groups is 3.